The molecular weight excluding hydrogens is 1120 g/mol. The van der Waals surface area contributed by atoms with Crippen molar-refractivity contribution in [2.45, 2.75) is 228 Å². The summed E-state index contributed by atoms with van der Waals surface area (Å²) in [6.45, 7) is 24.9. The van der Waals surface area contributed by atoms with Crippen LogP contribution in [0.1, 0.15) is 168 Å². The Bertz CT molecular complexity index is 2310. The van der Waals surface area contributed by atoms with Crippen LogP contribution in [0, 0.1) is 29.6 Å². The number of carbonyl (C=O) groups excluding carboxylic acids is 12. The van der Waals surface area contributed by atoms with Crippen LogP contribution in [0.2, 0.25) is 0 Å². The molecule has 500 valence electrons. The lowest BCUT2D eigenvalue weighted by Gasteiger charge is -2.36. The number of unbranched alkanes of at least 4 members (excludes halogenated alkanes) is 3. The summed E-state index contributed by atoms with van der Waals surface area (Å²) in [7, 11) is 9.53. The zero-order chi connectivity index (χ0) is 67.7. The average molecular weight is 1240 g/mol. The number of aliphatic hydroxyl groups excluding tert-OH is 1. The zero-order valence-electron chi connectivity index (χ0n) is 56.5. The topological polar surface area (TPSA) is 337 Å². The summed E-state index contributed by atoms with van der Waals surface area (Å²) in [5.74, 6) is -8.23. The molecule has 13 amide bonds. The maximum atomic E-state index is 14.6. The third-order valence-electron chi connectivity index (χ3n) is 15.3. The number of aliphatic hydroxyl groups is 2. The third kappa shape index (κ3) is 27.2. The number of nitrogens with one attached hydrogen (secondary N) is 6. The van der Waals surface area contributed by atoms with E-state index >= 15 is 0 Å². The molecule has 0 aliphatic carbocycles. The standard InChI is InChI=1S/C61H112N12O14/c1-23-43(66-55(81)50(72(21)47(75)32-37(6)7)51(77)39(10)28-26-24-25-27-29-63-42(13)74)57(83)68(17)34-48(76)69(18)46(33-61(14,15)87)54(80)67-49(38(8)9)59(85)70(19)44(30-35(2)3)53(79)64-40(11)52(78)65-41(12)56(82)71(20)45(31-36(4)5)58(84)73(22)60(86)62-16/h35-41,43-46,49-51,77,87H,23-34H2,1-22H3,(H,62,86)(H,63,74)(H,64,79)(H,65,78)(H,66,81)(H,67,80)/t39-,40-,41+,43+,44+,45+,46+,49+,50?,51-/m1/s1. The van der Waals surface area contributed by atoms with Gasteiger partial charge in [-0.15, -0.1) is 0 Å². The summed E-state index contributed by atoms with van der Waals surface area (Å²) in [4.78, 5) is 170. The predicted molar refractivity (Wildman–Crippen MR) is 332 cm³/mol. The predicted octanol–water partition coefficient (Wildman–Crippen LogP) is 1.98. The van der Waals surface area contributed by atoms with Crippen molar-refractivity contribution in [2.75, 3.05) is 62.4 Å². The number of amides is 13. The molecule has 8 N–H and O–H groups in total. The molecule has 10 atom stereocenters. The SMILES string of the molecule is CC[C@H](NC(=O)C([C@H](O)[C@H](C)CCCCCCNC(C)=O)N(C)C(=O)CC(C)C)C(=O)N(C)CC(=O)N(C)[C@@H](CC(C)(C)O)C(=O)N[C@H](C(=O)N(C)[C@@H](CC(C)C)C(=O)N[C@H](C)C(=O)N[C@@H](C)C(=O)N(C)[C@@H](CC(C)C)C(=O)N(C)C(=O)NC)C(C)C. The van der Waals surface area contributed by atoms with Crippen molar-refractivity contribution in [1.82, 2.24) is 61.3 Å². The van der Waals surface area contributed by atoms with Gasteiger partial charge in [-0.05, 0) is 89.4 Å². The van der Waals surface area contributed by atoms with Crippen LogP contribution in [0.15, 0.2) is 0 Å². The summed E-state index contributed by atoms with van der Waals surface area (Å²) in [6.07, 6.45) is 2.56. The zero-order valence-corrected chi connectivity index (χ0v) is 56.5. The van der Waals surface area contributed by atoms with Crippen molar-refractivity contribution in [2.24, 2.45) is 29.6 Å². The van der Waals surface area contributed by atoms with Crippen LogP contribution in [0.25, 0.3) is 0 Å². The molecular formula is C61H112N12O14. The first kappa shape index (κ1) is 80.6. The summed E-state index contributed by atoms with van der Waals surface area (Å²) < 4.78 is 0. The normalized spacial score (nSPS) is 15.0. The van der Waals surface area contributed by atoms with Gasteiger partial charge >= 0.3 is 6.03 Å². The van der Waals surface area contributed by atoms with Crippen molar-refractivity contribution < 1.29 is 67.7 Å². The Balaban J connectivity index is 6.53. The minimum Gasteiger partial charge on any atom is -0.390 e. The van der Waals surface area contributed by atoms with Crippen molar-refractivity contribution in [1.29, 1.82) is 0 Å². The van der Waals surface area contributed by atoms with Crippen LogP contribution in [-0.2, 0) is 52.7 Å². The Morgan fingerprint density at radius 3 is 1.55 bits per heavy atom. The van der Waals surface area contributed by atoms with E-state index in [4.69, 9.17) is 0 Å². The first-order valence-corrected chi connectivity index (χ1v) is 30.7. The second-order valence-electron chi connectivity index (χ2n) is 25.7. The number of likely N-dealkylation sites (N-methyl/N-ethyl adjacent to an activating group) is 6. The molecule has 0 rings (SSSR count). The van der Waals surface area contributed by atoms with Gasteiger partial charge < -0.3 is 66.6 Å². The van der Waals surface area contributed by atoms with Crippen LogP contribution in [0.5, 0.6) is 0 Å². The maximum absolute atomic E-state index is 14.6. The molecule has 0 aliphatic heterocycles. The minimum absolute atomic E-state index is 0.0531. The summed E-state index contributed by atoms with van der Waals surface area (Å²) >= 11 is 0. The van der Waals surface area contributed by atoms with E-state index in [0.717, 1.165) is 40.4 Å². The summed E-state index contributed by atoms with van der Waals surface area (Å²) in [6, 6.07) is -10.6. The average Bonchev–Trinajstić information content (AvgIpc) is 1.80. The molecule has 0 spiro atoms. The molecule has 0 aromatic heterocycles. The summed E-state index contributed by atoms with van der Waals surface area (Å²) in [5.41, 5.74) is -1.55. The van der Waals surface area contributed by atoms with Gasteiger partial charge in [-0.2, -0.15) is 0 Å². The highest BCUT2D eigenvalue weighted by Gasteiger charge is 2.42. The third-order valence-corrected chi connectivity index (χ3v) is 15.3. The number of imide groups is 1. The number of hydrogen-bond donors (Lipinski definition) is 8. The first-order valence-electron chi connectivity index (χ1n) is 30.7. The van der Waals surface area contributed by atoms with Crippen LogP contribution in [0.3, 0.4) is 0 Å². The summed E-state index contributed by atoms with van der Waals surface area (Å²) in [5, 5.41) is 38.6. The lowest BCUT2D eigenvalue weighted by molar-refractivity contribution is -0.149. The lowest BCUT2D eigenvalue weighted by atomic mass is 9.90. The van der Waals surface area contributed by atoms with Crippen LogP contribution in [0.4, 0.5) is 4.79 Å². The van der Waals surface area contributed by atoms with Gasteiger partial charge in [0.1, 0.15) is 48.3 Å². The Morgan fingerprint density at radius 2 is 1.06 bits per heavy atom. The molecule has 0 heterocycles. The van der Waals surface area contributed by atoms with Gasteiger partial charge in [0.05, 0.1) is 18.2 Å². The second kappa shape index (κ2) is 38.1. The van der Waals surface area contributed by atoms with E-state index < -0.39 is 138 Å². The number of carbonyl (C=O) groups is 12. The molecule has 0 fully saturated rings. The molecule has 0 aromatic rings. The Labute approximate surface area is 518 Å². The smallest absolute Gasteiger partial charge is 0.323 e. The van der Waals surface area contributed by atoms with Crippen molar-refractivity contribution in [3.05, 3.63) is 0 Å². The van der Waals surface area contributed by atoms with Gasteiger partial charge in [-0.1, -0.05) is 88.5 Å². The largest absolute Gasteiger partial charge is 0.390 e. The molecule has 0 aliphatic rings. The van der Waals surface area contributed by atoms with Gasteiger partial charge in [-0.25, -0.2) is 4.79 Å². The van der Waals surface area contributed by atoms with E-state index in [0.29, 0.717) is 13.0 Å². The number of hydrogen-bond acceptors (Lipinski definition) is 14. The van der Waals surface area contributed by atoms with E-state index in [2.05, 4.69) is 31.9 Å². The van der Waals surface area contributed by atoms with Gasteiger partial charge in [-0.3, -0.25) is 57.6 Å². The fraction of sp³-hybridized carbons (Fsp3) is 0.803. The fourth-order valence-electron chi connectivity index (χ4n) is 9.83. The quantitative estimate of drug-likeness (QED) is 0.0413. The Morgan fingerprint density at radius 1 is 0.540 bits per heavy atom. The van der Waals surface area contributed by atoms with E-state index in [-0.39, 0.29) is 61.7 Å². The molecule has 87 heavy (non-hydrogen) atoms. The highest BCUT2D eigenvalue weighted by Crippen LogP contribution is 2.23. The van der Waals surface area contributed by atoms with Gasteiger partial charge in [0.25, 0.3) is 5.91 Å². The van der Waals surface area contributed by atoms with Crippen LogP contribution < -0.4 is 31.9 Å². The number of rotatable bonds is 37. The number of nitrogens with zero attached hydrogens (tertiary/aromatic N) is 6. The van der Waals surface area contributed by atoms with Crippen molar-refractivity contribution in [3.8, 4) is 0 Å². The molecule has 26 nitrogen and oxygen atoms in total. The molecule has 26 heteroatoms. The highest BCUT2D eigenvalue weighted by molar-refractivity contribution is 6.00. The maximum Gasteiger partial charge on any atom is 0.323 e. The Hall–Kier alpha value is -6.44. The molecule has 0 bridgehead atoms. The van der Waals surface area contributed by atoms with Crippen LogP contribution >= 0.6 is 0 Å². The van der Waals surface area contributed by atoms with Gasteiger partial charge in [0.2, 0.25) is 59.1 Å². The fourth-order valence-corrected chi connectivity index (χ4v) is 9.83. The molecule has 0 radical (unpaired) electrons. The van der Waals surface area contributed by atoms with Gasteiger partial charge in [0.15, 0.2) is 0 Å². The first-order chi connectivity index (χ1) is 40.1. The van der Waals surface area contributed by atoms with E-state index in [1.54, 1.807) is 27.7 Å². The molecule has 0 saturated heterocycles. The molecule has 0 saturated carbocycles. The van der Waals surface area contributed by atoms with Crippen molar-refractivity contribution in [3.63, 3.8) is 0 Å². The monoisotopic (exact) mass is 1240 g/mol. The second-order valence-corrected chi connectivity index (χ2v) is 25.7. The molecule has 1 unspecified atom stereocenters. The van der Waals surface area contributed by atoms with E-state index in [1.807, 2.05) is 41.5 Å². The van der Waals surface area contributed by atoms with Crippen LogP contribution in [-0.4, -0.2) is 233 Å². The van der Waals surface area contributed by atoms with Gasteiger partial charge in [0, 0.05) is 75.6 Å². The molecule has 0 aromatic carbocycles. The Kier molecular flexibility index (Phi) is 35.3. The number of urea groups is 1. The van der Waals surface area contributed by atoms with E-state index in [9.17, 15) is 67.7 Å². The minimum atomic E-state index is -1.55. The van der Waals surface area contributed by atoms with Crippen molar-refractivity contribution >= 4 is 71.0 Å². The van der Waals surface area contributed by atoms with E-state index in [1.165, 1.54) is 98.7 Å². The lowest BCUT2D eigenvalue weighted by Crippen LogP contribution is -2.61. The highest BCUT2D eigenvalue weighted by atomic mass is 16.3.